The highest BCUT2D eigenvalue weighted by Crippen LogP contribution is 2.19. The standard InChI is InChI=1S/C14H16N2O3/c1-9(2)16-8-15-11-7-10(3-4-12(11)16)13(17)5-6-14(18)19/h3-4,7-9H,5-6H2,1-2H3,(H,18,19). The molecule has 19 heavy (non-hydrogen) atoms. The van der Waals surface area contributed by atoms with Gasteiger partial charge in [0.25, 0.3) is 0 Å². The van der Waals surface area contributed by atoms with E-state index in [-0.39, 0.29) is 18.6 Å². The number of nitrogens with zero attached hydrogens (tertiary/aromatic N) is 2. The van der Waals surface area contributed by atoms with Crippen LogP contribution in [0.1, 0.15) is 43.1 Å². The lowest BCUT2D eigenvalue weighted by atomic mass is 10.1. The third kappa shape index (κ3) is 2.81. The monoisotopic (exact) mass is 260 g/mol. The Morgan fingerprint density at radius 2 is 2.05 bits per heavy atom. The van der Waals surface area contributed by atoms with Crippen LogP contribution in [0.5, 0.6) is 0 Å². The zero-order valence-corrected chi connectivity index (χ0v) is 11.0. The van der Waals surface area contributed by atoms with Crippen molar-refractivity contribution in [1.82, 2.24) is 9.55 Å². The van der Waals surface area contributed by atoms with E-state index in [9.17, 15) is 9.59 Å². The highest BCUT2D eigenvalue weighted by atomic mass is 16.4. The summed E-state index contributed by atoms with van der Waals surface area (Å²) in [6.07, 6.45) is 1.63. The summed E-state index contributed by atoms with van der Waals surface area (Å²) in [5.74, 6) is -1.12. The Balaban J connectivity index is 2.27. The molecule has 0 aliphatic rings. The van der Waals surface area contributed by atoms with Gasteiger partial charge in [-0.25, -0.2) is 4.98 Å². The van der Waals surface area contributed by atoms with Gasteiger partial charge in [-0.15, -0.1) is 0 Å². The van der Waals surface area contributed by atoms with Gasteiger partial charge in [-0.05, 0) is 32.0 Å². The summed E-state index contributed by atoms with van der Waals surface area (Å²) in [7, 11) is 0. The lowest BCUT2D eigenvalue weighted by Gasteiger charge is -2.07. The molecular formula is C14H16N2O3. The normalized spacial score (nSPS) is 11.1. The maximum atomic E-state index is 11.8. The van der Waals surface area contributed by atoms with Gasteiger partial charge in [0.2, 0.25) is 0 Å². The number of imidazole rings is 1. The van der Waals surface area contributed by atoms with Crippen molar-refractivity contribution in [1.29, 1.82) is 0 Å². The minimum atomic E-state index is -0.960. The van der Waals surface area contributed by atoms with Crippen molar-refractivity contribution >= 4 is 22.8 Å². The van der Waals surface area contributed by atoms with Gasteiger partial charge in [-0.3, -0.25) is 9.59 Å². The molecule has 2 aromatic rings. The Labute approximate surface area is 110 Å². The summed E-state index contributed by atoms with van der Waals surface area (Å²) < 4.78 is 2.03. The van der Waals surface area contributed by atoms with Crippen LogP contribution in [-0.2, 0) is 4.79 Å². The molecule has 0 fully saturated rings. The number of benzene rings is 1. The van der Waals surface area contributed by atoms with E-state index in [0.717, 1.165) is 11.0 Å². The molecule has 0 saturated carbocycles. The first kappa shape index (κ1) is 13.3. The average molecular weight is 260 g/mol. The molecular weight excluding hydrogens is 244 g/mol. The minimum Gasteiger partial charge on any atom is -0.481 e. The Kier molecular flexibility index (Phi) is 3.64. The number of fused-ring (bicyclic) bond motifs is 1. The van der Waals surface area contributed by atoms with Gasteiger partial charge < -0.3 is 9.67 Å². The fourth-order valence-corrected chi connectivity index (χ4v) is 1.98. The van der Waals surface area contributed by atoms with Gasteiger partial charge in [-0.1, -0.05) is 0 Å². The SMILES string of the molecule is CC(C)n1cnc2cc(C(=O)CCC(=O)O)ccc21. The molecule has 1 aromatic heterocycles. The number of carboxylic acid groups (broad SMARTS) is 1. The Bertz CT molecular complexity index is 629. The van der Waals surface area contributed by atoms with Gasteiger partial charge in [0.1, 0.15) is 0 Å². The van der Waals surface area contributed by atoms with Crippen molar-refractivity contribution < 1.29 is 14.7 Å². The lowest BCUT2D eigenvalue weighted by Crippen LogP contribution is -2.04. The largest absolute Gasteiger partial charge is 0.481 e. The molecule has 0 aliphatic heterocycles. The van der Waals surface area contributed by atoms with Gasteiger partial charge in [0.05, 0.1) is 23.8 Å². The molecule has 2 rings (SSSR count). The number of ketones is 1. The molecule has 5 heteroatoms. The van der Waals surface area contributed by atoms with Crippen LogP contribution >= 0.6 is 0 Å². The van der Waals surface area contributed by atoms with Crippen LogP contribution in [0.4, 0.5) is 0 Å². The topological polar surface area (TPSA) is 72.2 Å². The molecule has 1 aromatic carbocycles. The van der Waals surface area contributed by atoms with E-state index < -0.39 is 5.97 Å². The molecule has 0 aliphatic carbocycles. The summed E-state index contributed by atoms with van der Waals surface area (Å²) in [6, 6.07) is 5.61. The van der Waals surface area contributed by atoms with E-state index in [0.29, 0.717) is 11.6 Å². The number of carbonyl (C=O) groups excluding carboxylic acids is 1. The van der Waals surface area contributed by atoms with E-state index in [2.05, 4.69) is 18.8 Å². The molecule has 0 atom stereocenters. The highest BCUT2D eigenvalue weighted by Gasteiger charge is 2.11. The van der Waals surface area contributed by atoms with Crippen molar-refractivity contribution in [3.8, 4) is 0 Å². The Morgan fingerprint density at radius 3 is 2.68 bits per heavy atom. The number of carbonyl (C=O) groups is 2. The predicted octanol–water partition coefficient (Wildman–Crippen LogP) is 2.66. The minimum absolute atomic E-state index is 0.0196. The van der Waals surface area contributed by atoms with Crippen LogP contribution in [0.25, 0.3) is 11.0 Å². The lowest BCUT2D eigenvalue weighted by molar-refractivity contribution is -0.136. The fraction of sp³-hybridized carbons (Fsp3) is 0.357. The van der Waals surface area contributed by atoms with E-state index in [1.54, 1.807) is 18.5 Å². The average Bonchev–Trinajstić information content (AvgIpc) is 2.78. The predicted molar refractivity (Wildman–Crippen MR) is 71.3 cm³/mol. The summed E-state index contributed by atoms with van der Waals surface area (Å²) >= 11 is 0. The van der Waals surface area contributed by atoms with Crippen molar-refractivity contribution in [2.75, 3.05) is 0 Å². The Morgan fingerprint density at radius 1 is 1.32 bits per heavy atom. The number of carboxylic acids is 1. The van der Waals surface area contributed by atoms with Crippen molar-refractivity contribution in [3.05, 3.63) is 30.1 Å². The van der Waals surface area contributed by atoms with E-state index in [1.165, 1.54) is 0 Å². The molecule has 0 unspecified atom stereocenters. The van der Waals surface area contributed by atoms with E-state index in [1.807, 2.05) is 10.6 Å². The third-order valence-electron chi connectivity index (χ3n) is 3.02. The summed E-state index contributed by atoms with van der Waals surface area (Å²) in [6.45, 7) is 4.13. The van der Waals surface area contributed by atoms with Crippen molar-refractivity contribution in [2.24, 2.45) is 0 Å². The molecule has 0 spiro atoms. The summed E-state index contributed by atoms with van der Waals surface area (Å²) in [5.41, 5.74) is 2.25. The first-order valence-electron chi connectivity index (χ1n) is 6.20. The number of hydrogen-bond acceptors (Lipinski definition) is 3. The second-order valence-corrected chi connectivity index (χ2v) is 4.77. The zero-order valence-electron chi connectivity index (χ0n) is 11.0. The first-order valence-corrected chi connectivity index (χ1v) is 6.20. The van der Waals surface area contributed by atoms with E-state index >= 15 is 0 Å². The quantitative estimate of drug-likeness (QED) is 0.839. The number of aliphatic carboxylic acids is 1. The van der Waals surface area contributed by atoms with Crippen LogP contribution in [0.3, 0.4) is 0 Å². The Hall–Kier alpha value is -2.17. The maximum absolute atomic E-state index is 11.8. The summed E-state index contributed by atoms with van der Waals surface area (Å²) in [4.78, 5) is 26.6. The van der Waals surface area contributed by atoms with Crippen molar-refractivity contribution in [3.63, 3.8) is 0 Å². The van der Waals surface area contributed by atoms with Crippen LogP contribution in [-0.4, -0.2) is 26.4 Å². The summed E-state index contributed by atoms with van der Waals surface area (Å²) in [5, 5.41) is 8.58. The van der Waals surface area contributed by atoms with E-state index in [4.69, 9.17) is 5.11 Å². The fourth-order valence-electron chi connectivity index (χ4n) is 1.98. The molecule has 1 N–H and O–H groups in total. The second kappa shape index (κ2) is 5.22. The maximum Gasteiger partial charge on any atom is 0.303 e. The molecule has 0 radical (unpaired) electrons. The number of rotatable bonds is 5. The first-order chi connectivity index (χ1) is 8.99. The number of Topliss-reactive ketones (excluding diaryl/α,β-unsaturated/α-hetero) is 1. The number of hydrogen-bond donors (Lipinski definition) is 1. The molecule has 0 amide bonds. The molecule has 5 nitrogen and oxygen atoms in total. The molecule has 1 heterocycles. The van der Waals surface area contributed by atoms with Crippen LogP contribution in [0.2, 0.25) is 0 Å². The van der Waals surface area contributed by atoms with Gasteiger partial charge in [-0.2, -0.15) is 0 Å². The molecule has 100 valence electrons. The van der Waals surface area contributed by atoms with Crippen molar-refractivity contribution in [2.45, 2.75) is 32.7 Å². The van der Waals surface area contributed by atoms with Crippen LogP contribution in [0.15, 0.2) is 24.5 Å². The van der Waals surface area contributed by atoms with Gasteiger partial charge in [0.15, 0.2) is 5.78 Å². The number of aromatic nitrogens is 2. The smallest absolute Gasteiger partial charge is 0.303 e. The van der Waals surface area contributed by atoms with Crippen LogP contribution in [0, 0.1) is 0 Å². The molecule has 0 saturated heterocycles. The second-order valence-electron chi connectivity index (χ2n) is 4.77. The highest BCUT2D eigenvalue weighted by molar-refractivity contribution is 5.99. The third-order valence-corrected chi connectivity index (χ3v) is 3.02. The van der Waals surface area contributed by atoms with Gasteiger partial charge in [0, 0.05) is 18.0 Å². The zero-order chi connectivity index (χ0) is 14.0. The van der Waals surface area contributed by atoms with Gasteiger partial charge >= 0.3 is 5.97 Å². The van der Waals surface area contributed by atoms with Crippen LogP contribution < -0.4 is 0 Å². The molecule has 0 bridgehead atoms.